The van der Waals surface area contributed by atoms with Crippen molar-refractivity contribution in [1.29, 1.82) is 0 Å². The SMILES string of the molecule is CC(=O)c1cccc(OCCN2CCCC(C)C2)c1.Cl. The van der Waals surface area contributed by atoms with E-state index in [-0.39, 0.29) is 18.2 Å². The maximum atomic E-state index is 11.3. The van der Waals surface area contributed by atoms with Crippen molar-refractivity contribution in [3.05, 3.63) is 29.8 Å². The number of carbonyl (C=O) groups is 1. The second-order valence-electron chi connectivity index (χ2n) is 5.48. The zero-order chi connectivity index (χ0) is 13.7. The van der Waals surface area contributed by atoms with E-state index in [1.54, 1.807) is 6.92 Å². The molecular formula is C16H24ClNO2. The minimum absolute atomic E-state index is 0. The molecular weight excluding hydrogens is 274 g/mol. The third-order valence-electron chi connectivity index (χ3n) is 3.66. The fourth-order valence-corrected chi connectivity index (χ4v) is 2.59. The first kappa shape index (κ1) is 17.0. The lowest BCUT2D eigenvalue weighted by Crippen LogP contribution is -2.37. The van der Waals surface area contributed by atoms with Crippen LogP contribution in [0.4, 0.5) is 0 Å². The molecule has 0 amide bonds. The Hall–Kier alpha value is -1.06. The Labute approximate surface area is 127 Å². The van der Waals surface area contributed by atoms with Gasteiger partial charge in [-0.3, -0.25) is 9.69 Å². The first-order valence-corrected chi connectivity index (χ1v) is 7.11. The van der Waals surface area contributed by atoms with Crippen molar-refractivity contribution in [3.8, 4) is 5.75 Å². The van der Waals surface area contributed by atoms with Crippen LogP contribution in [-0.4, -0.2) is 36.9 Å². The van der Waals surface area contributed by atoms with Gasteiger partial charge in [-0.05, 0) is 44.4 Å². The second kappa shape index (κ2) is 8.28. The standard InChI is InChI=1S/C16H23NO2.ClH/c1-13-5-4-8-17(12-13)9-10-19-16-7-3-6-15(11-16)14(2)18;/h3,6-7,11,13H,4-5,8-10,12H2,1-2H3;1H. The summed E-state index contributed by atoms with van der Waals surface area (Å²) in [5, 5.41) is 0. The van der Waals surface area contributed by atoms with Gasteiger partial charge < -0.3 is 4.74 Å². The Bertz CT molecular complexity index is 436. The molecule has 1 aliphatic heterocycles. The number of nitrogens with zero attached hydrogens (tertiary/aromatic N) is 1. The van der Waals surface area contributed by atoms with Crippen LogP contribution in [0.2, 0.25) is 0 Å². The summed E-state index contributed by atoms with van der Waals surface area (Å²) < 4.78 is 5.74. The molecule has 0 N–H and O–H groups in total. The van der Waals surface area contributed by atoms with Crippen LogP contribution >= 0.6 is 12.4 Å². The number of ether oxygens (including phenoxy) is 1. The minimum atomic E-state index is 0. The molecule has 0 saturated carbocycles. The topological polar surface area (TPSA) is 29.5 Å². The van der Waals surface area contributed by atoms with Crippen molar-refractivity contribution in [2.45, 2.75) is 26.7 Å². The predicted octanol–water partition coefficient (Wildman–Crippen LogP) is 3.42. The summed E-state index contributed by atoms with van der Waals surface area (Å²) in [5.74, 6) is 1.67. The quantitative estimate of drug-likeness (QED) is 0.780. The summed E-state index contributed by atoms with van der Waals surface area (Å²) in [7, 11) is 0. The monoisotopic (exact) mass is 297 g/mol. The van der Waals surface area contributed by atoms with Crippen LogP contribution < -0.4 is 4.74 Å². The van der Waals surface area contributed by atoms with Gasteiger partial charge in [0.25, 0.3) is 0 Å². The summed E-state index contributed by atoms with van der Waals surface area (Å²) in [6.07, 6.45) is 2.64. The summed E-state index contributed by atoms with van der Waals surface area (Å²) in [5.41, 5.74) is 0.712. The largest absolute Gasteiger partial charge is 0.492 e. The lowest BCUT2D eigenvalue weighted by atomic mass is 10.0. The first-order valence-electron chi connectivity index (χ1n) is 7.11. The van der Waals surface area contributed by atoms with Gasteiger partial charge in [0.2, 0.25) is 0 Å². The molecule has 1 aliphatic rings. The van der Waals surface area contributed by atoms with Gasteiger partial charge >= 0.3 is 0 Å². The van der Waals surface area contributed by atoms with Crippen molar-refractivity contribution in [3.63, 3.8) is 0 Å². The second-order valence-corrected chi connectivity index (χ2v) is 5.48. The van der Waals surface area contributed by atoms with Crippen LogP contribution in [0.3, 0.4) is 0 Å². The molecule has 3 nitrogen and oxygen atoms in total. The maximum absolute atomic E-state index is 11.3. The van der Waals surface area contributed by atoms with Crippen molar-refractivity contribution < 1.29 is 9.53 Å². The fourth-order valence-electron chi connectivity index (χ4n) is 2.59. The Morgan fingerprint density at radius 1 is 1.45 bits per heavy atom. The van der Waals surface area contributed by atoms with E-state index in [0.29, 0.717) is 12.2 Å². The first-order chi connectivity index (χ1) is 9.15. The average Bonchev–Trinajstić information content (AvgIpc) is 2.39. The third-order valence-corrected chi connectivity index (χ3v) is 3.66. The lowest BCUT2D eigenvalue weighted by Gasteiger charge is -2.30. The number of hydrogen-bond donors (Lipinski definition) is 0. The van der Waals surface area contributed by atoms with E-state index in [2.05, 4.69) is 11.8 Å². The number of rotatable bonds is 5. The summed E-state index contributed by atoms with van der Waals surface area (Å²) in [6.45, 7) is 7.90. The normalized spacial score (nSPS) is 19.2. The number of Topliss-reactive ketones (excluding diaryl/α,β-unsaturated/α-hetero) is 1. The smallest absolute Gasteiger partial charge is 0.159 e. The molecule has 1 aromatic carbocycles. The molecule has 1 fully saturated rings. The molecule has 1 unspecified atom stereocenters. The van der Waals surface area contributed by atoms with Gasteiger partial charge in [0.1, 0.15) is 12.4 Å². The van der Waals surface area contributed by atoms with Crippen molar-refractivity contribution >= 4 is 18.2 Å². The molecule has 1 saturated heterocycles. The molecule has 1 heterocycles. The van der Waals surface area contributed by atoms with Gasteiger partial charge in [-0.15, -0.1) is 12.4 Å². The van der Waals surface area contributed by atoms with E-state index in [9.17, 15) is 4.79 Å². The van der Waals surface area contributed by atoms with E-state index in [0.717, 1.165) is 18.2 Å². The number of halogens is 1. The summed E-state index contributed by atoms with van der Waals surface area (Å²) in [4.78, 5) is 13.8. The zero-order valence-electron chi connectivity index (χ0n) is 12.3. The molecule has 2 rings (SSSR count). The highest BCUT2D eigenvalue weighted by molar-refractivity contribution is 5.94. The van der Waals surface area contributed by atoms with Gasteiger partial charge in [-0.1, -0.05) is 19.1 Å². The Kier molecular flexibility index (Phi) is 7.03. The van der Waals surface area contributed by atoms with E-state index >= 15 is 0 Å². The van der Waals surface area contributed by atoms with Crippen LogP contribution in [0.15, 0.2) is 24.3 Å². The molecule has 0 aromatic heterocycles. The molecule has 1 atom stereocenters. The molecule has 112 valence electrons. The molecule has 0 spiro atoms. The fraction of sp³-hybridized carbons (Fsp3) is 0.562. The number of hydrogen-bond acceptors (Lipinski definition) is 3. The van der Waals surface area contributed by atoms with Crippen molar-refractivity contribution in [2.75, 3.05) is 26.2 Å². The van der Waals surface area contributed by atoms with Gasteiger partial charge in [0, 0.05) is 18.7 Å². The Balaban J connectivity index is 0.00000200. The number of ketones is 1. The highest BCUT2D eigenvalue weighted by Gasteiger charge is 2.15. The van der Waals surface area contributed by atoms with E-state index in [1.807, 2.05) is 24.3 Å². The molecule has 20 heavy (non-hydrogen) atoms. The van der Waals surface area contributed by atoms with E-state index in [1.165, 1.54) is 25.9 Å². The van der Waals surface area contributed by atoms with E-state index in [4.69, 9.17) is 4.74 Å². The Morgan fingerprint density at radius 3 is 2.95 bits per heavy atom. The van der Waals surface area contributed by atoms with Crippen LogP contribution in [0, 0.1) is 5.92 Å². The third kappa shape index (κ3) is 5.14. The van der Waals surface area contributed by atoms with Gasteiger partial charge in [0.05, 0.1) is 0 Å². The van der Waals surface area contributed by atoms with Gasteiger partial charge in [0.15, 0.2) is 5.78 Å². The summed E-state index contributed by atoms with van der Waals surface area (Å²) in [6, 6.07) is 7.42. The van der Waals surface area contributed by atoms with Crippen molar-refractivity contribution in [2.24, 2.45) is 5.92 Å². The molecule has 4 heteroatoms. The van der Waals surface area contributed by atoms with Crippen LogP contribution in [-0.2, 0) is 0 Å². The van der Waals surface area contributed by atoms with Crippen LogP contribution in [0.1, 0.15) is 37.0 Å². The molecule has 0 bridgehead atoms. The predicted molar refractivity (Wildman–Crippen MR) is 84.0 cm³/mol. The lowest BCUT2D eigenvalue weighted by molar-refractivity contribution is 0.101. The molecule has 1 aromatic rings. The number of benzene rings is 1. The number of likely N-dealkylation sites (tertiary alicyclic amines) is 1. The Morgan fingerprint density at radius 2 is 2.25 bits per heavy atom. The highest BCUT2D eigenvalue weighted by atomic mass is 35.5. The van der Waals surface area contributed by atoms with E-state index < -0.39 is 0 Å². The van der Waals surface area contributed by atoms with Crippen molar-refractivity contribution in [1.82, 2.24) is 4.90 Å². The highest BCUT2D eigenvalue weighted by Crippen LogP contribution is 2.16. The molecule has 0 aliphatic carbocycles. The number of piperidine rings is 1. The average molecular weight is 298 g/mol. The van der Waals surface area contributed by atoms with Crippen LogP contribution in [0.5, 0.6) is 5.75 Å². The van der Waals surface area contributed by atoms with Crippen LogP contribution in [0.25, 0.3) is 0 Å². The van der Waals surface area contributed by atoms with Gasteiger partial charge in [-0.25, -0.2) is 0 Å². The minimum Gasteiger partial charge on any atom is -0.492 e. The zero-order valence-corrected chi connectivity index (χ0v) is 13.1. The summed E-state index contributed by atoms with van der Waals surface area (Å²) >= 11 is 0. The molecule has 0 radical (unpaired) electrons. The maximum Gasteiger partial charge on any atom is 0.159 e. The number of carbonyl (C=O) groups excluding carboxylic acids is 1. The van der Waals surface area contributed by atoms with Gasteiger partial charge in [-0.2, -0.15) is 0 Å².